The lowest BCUT2D eigenvalue weighted by Gasteiger charge is -2.10. The number of rotatable bonds is 5. The molecule has 2 atom stereocenters. The lowest BCUT2D eigenvalue weighted by Crippen LogP contribution is -2.12. The molecule has 0 saturated heterocycles. The van der Waals surface area contributed by atoms with E-state index in [0.717, 1.165) is 4.43 Å². The molecule has 0 fully saturated rings. The van der Waals surface area contributed by atoms with Crippen LogP contribution in [0.15, 0.2) is 10.2 Å². The van der Waals surface area contributed by atoms with Crippen molar-refractivity contribution in [2.75, 3.05) is 18.3 Å². The van der Waals surface area contributed by atoms with E-state index in [4.69, 9.17) is 4.74 Å². The fourth-order valence-corrected chi connectivity index (χ4v) is 1.20. The van der Waals surface area contributed by atoms with Crippen molar-refractivity contribution >= 4 is 22.6 Å². The van der Waals surface area contributed by atoms with Crippen LogP contribution in [0.4, 0.5) is 0 Å². The summed E-state index contributed by atoms with van der Waals surface area (Å²) in [5, 5.41) is 7.94. The van der Waals surface area contributed by atoms with E-state index in [1.807, 2.05) is 0 Å². The van der Waals surface area contributed by atoms with Crippen molar-refractivity contribution < 1.29 is 4.74 Å². The molecule has 0 aliphatic heterocycles. The Morgan fingerprint density at radius 3 is 2.55 bits per heavy atom. The zero-order valence-electron chi connectivity index (χ0n) is 7.25. The summed E-state index contributed by atoms with van der Waals surface area (Å²) in [6.45, 7) is 4.61. The summed E-state index contributed by atoms with van der Waals surface area (Å²) in [5.74, 6) is 0.594. The molecule has 0 aromatic heterocycles. The van der Waals surface area contributed by atoms with Crippen LogP contribution >= 0.6 is 22.6 Å². The molecule has 0 heterocycles. The van der Waals surface area contributed by atoms with Gasteiger partial charge in [-0.25, -0.2) is 0 Å². The van der Waals surface area contributed by atoms with Crippen molar-refractivity contribution in [3.05, 3.63) is 0 Å². The number of halogens is 1. The molecule has 0 aromatic rings. The minimum atomic E-state index is 0.307. The largest absolute Gasteiger partial charge is 0.361 e. The van der Waals surface area contributed by atoms with Crippen molar-refractivity contribution in [2.24, 2.45) is 16.1 Å². The van der Waals surface area contributed by atoms with Crippen LogP contribution < -0.4 is 0 Å². The molecule has 11 heavy (non-hydrogen) atoms. The van der Waals surface area contributed by atoms with E-state index in [-0.39, 0.29) is 0 Å². The number of azo groups is 1. The topological polar surface area (TPSA) is 34.0 Å². The first-order valence-electron chi connectivity index (χ1n) is 3.63. The number of methoxy groups -OCH3 is 1. The first kappa shape index (κ1) is 11.3. The highest BCUT2D eigenvalue weighted by atomic mass is 127. The monoisotopic (exact) mass is 270 g/mol. The van der Waals surface area contributed by atoms with Gasteiger partial charge >= 0.3 is 0 Å². The fourth-order valence-electron chi connectivity index (χ4n) is 0.463. The average molecular weight is 270 g/mol. The van der Waals surface area contributed by atoms with E-state index in [1.165, 1.54) is 0 Å². The Bertz CT molecular complexity index is 119. The number of nitrogens with zero attached hydrogens (tertiary/aromatic N) is 2. The van der Waals surface area contributed by atoms with Crippen LogP contribution in [0, 0.1) is 5.92 Å². The Hall–Kier alpha value is 0.290. The second-order valence-corrected chi connectivity index (χ2v) is 3.43. The van der Waals surface area contributed by atoms with Gasteiger partial charge < -0.3 is 4.74 Å². The van der Waals surface area contributed by atoms with Crippen molar-refractivity contribution in [1.82, 2.24) is 0 Å². The summed E-state index contributed by atoms with van der Waals surface area (Å²) in [6.07, 6.45) is 0. The summed E-state index contributed by atoms with van der Waals surface area (Å²) in [5.41, 5.74) is 0. The highest BCUT2D eigenvalue weighted by Gasteiger charge is 2.08. The normalized spacial score (nSPS) is 17.1. The van der Waals surface area contributed by atoms with Gasteiger partial charge in [-0.2, -0.15) is 10.2 Å². The number of hydrogen-bond donors (Lipinski definition) is 0. The van der Waals surface area contributed by atoms with Crippen LogP contribution in [0.25, 0.3) is 0 Å². The van der Waals surface area contributed by atoms with Gasteiger partial charge in [0.25, 0.3) is 0 Å². The van der Waals surface area contributed by atoms with E-state index in [0.29, 0.717) is 18.7 Å². The third kappa shape index (κ3) is 5.55. The molecular formula is C7H15IN2O. The summed E-state index contributed by atoms with van der Waals surface area (Å²) in [7, 11) is 1.62. The Morgan fingerprint density at radius 2 is 2.09 bits per heavy atom. The van der Waals surface area contributed by atoms with Crippen molar-refractivity contribution in [3.63, 3.8) is 0 Å². The van der Waals surface area contributed by atoms with Crippen LogP contribution in [-0.2, 0) is 4.74 Å². The van der Waals surface area contributed by atoms with Crippen LogP contribution in [0.3, 0.4) is 0 Å². The molecule has 0 bridgehead atoms. The molecule has 3 nitrogen and oxygen atoms in total. The van der Waals surface area contributed by atoms with E-state index >= 15 is 0 Å². The molecule has 0 amide bonds. The number of alkyl halides is 1. The van der Waals surface area contributed by atoms with Gasteiger partial charge in [0.2, 0.25) is 0 Å². The third-order valence-electron chi connectivity index (χ3n) is 1.52. The van der Waals surface area contributed by atoms with Crippen LogP contribution in [-0.4, -0.2) is 24.3 Å². The Balaban J connectivity index is 3.57. The third-order valence-corrected chi connectivity index (χ3v) is 2.91. The molecule has 0 aromatic carbocycles. The zero-order valence-corrected chi connectivity index (χ0v) is 9.41. The maximum absolute atomic E-state index is 4.74. The first-order chi connectivity index (χ1) is 5.22. The fraction of sp³-hybridized carbons (Fsp3) is 1.00. The molecule has 66 valence electrons. The van der Waals surface area contributed by atoms with Crippen LogP contribution in [0.5, 0.6) is 0 Å². The minimum Gasteiger partial charge on any atom is -0.361 e. The van der Waals surface area contributed by atoms with E-state index in [1.54, 1.807) is 7.11 Å². The molecular weight excluding hydrogens is 255 g/mol. The predicted molar refractivity (Wildman–Crippen MR) is 54.2 cm³/mol. The van der Waals surface area contributed by atoms with Crippen molar-refractivity contribution in [2.45, 2.75) is 19.9 Å². The molecule has 2 unspecified atom stereocenters. The molecule has 0 N–H and O–H groups in total. The SMILES string of the molecule is COCN=NC(C)C(C)CI. The average Bonchev–Trinajstić information content (AvgIpc) is 2.03. The van der Waals surface area contributed by atoms with Gasteiger partial charge in [0.1, 0.15) is 0 Å². The molecule has 0 rings (SSSR count). The molecule has 4 heteroatoms. The summed E-state index contributed by atoms with van der Waals surface area (Å²) < 4.78 is 5.86. The van der Waals surface area contributed by atoms with Gasteiger partial charge in [-0.15, -0.1) is 0 Å². The smallest absolute Gasteiger partial charge is 0.157 e. The van der Waals surface area contributed by atoms with Gasteiger partial charge in [-0.05, 0) is 12.8 Å². The van der Waals surface area contributed by atoms with Gasteiger partial charge in [0.15, 0.2) is 6.73 Å². The summed E-state index contributed by atoms with van der Waals surface area (Å²) >= 11 is 2.36. The lowest BCUT2D eigenvalue weighted by molar-refractivity contribution is 0.200. The highest BCUT2D eigenvalue weighted by Crippen LogP contribution is 2.09. The summed E-state index contributed by atoms with van der Waals surface area (Å²) in [6, 6.07) is 0.307. The Kier molecular flexibility index (Phi) is 7.15. The minimum absolute atomic E-state index is 0.307. The lowest BCUT2D eigenvalue weighted by atomic mass is 10.1. The van der Waals surface area contributed by atoms with E-state index in [9.17, 15) is 0 Å². The number of ether oxygens (including phenoxy) is 1. The molecule has 0 radical (unpaired) electrons. The highest BCUT2D eigenvalue weighted by molar-refractivity contribution is 14.1. The quantitative estimate of drug-likeness (QED) is 0.429. The number of hydrogen-bond acceptors (Lipinski definition) is 3. The maximum Gasteiger partial charge on any atom is 0.157 e. The Morgan fingerprint density at radius 1 is 1.45 bits per heavy atom. The first-order valence-corrected chi connectivity index (χ1v) is 5.16. The van der Waals surface area contributed by atoms with Gasteiger partial charge in [-0.1, -0.05) is 29.5 Å². The second-order valence-electron chi connectivity index (χ2n) is 2.55. The predicted octanol–water partition coefficient (Wildman–Crippen LogP) is 2.50. The van der Waals surface area contributed by atoms with Crippen molar-refractivity contribution in [3.8, 4) is 0 Å². The Labute approximate surface area is 81.8 Å². The molecule has 0 saturated carbocycles. The van der Waals surface area contributed by atoms with Crippen LogP contribution in [0.2, 0.25) is 0 Å². The van der Waals surface area contributed by atoms with Crippen LogP contribution in [0.1, 0.15) is 13.8 Å². The molecule has 0 aliphatic carbocycles. The van der Waals surface area contributed by atoms with Gasteiger partial charge in [-0.3, -0.25) is 0 Å². The van der Waals surface area contributed by atoms with Crippen molar-refractivity contribution in [1.29, 1.82) is 0 Å². The second kappa shape index (κ2) is 6.97. The van der Waals surface area contributed by atoms with E-state index < -0.39 is 0 Å². The standard InChI is InChI=1S/C7H15IN2O/c1-6(4-8)7(2)10-9-5-11-3/h6-7H,4-5H2,1-3H3. The van der Waals surface area contributed by atoms with E-state index in [2.05, 4.69) is 46.7 Å². The zero-order chi connectivity index (χ0) is 8.69. The summed E-state index contributed by atoms with van der Waals surface area (Å²) in [4.78, 5) is 0. The molecule has 0 spiro atoms. The van der Waals surface area contributed by atoms with Gasteiger partial charge in [0.05, 0.1) is 6.04 Å². The molecule has 0 aliphatic rings. The van der Waals surface area contributed by atoms with Gasteiger partial charge in [0, 0.05) is 11.5 Å². The maximum atomic E-state index is 4.74.